The lowest BCUT2D eigenvalue weighted by atomic mass is 9.72. The molecule has 4 aromatic rings. The van der Waals surface area contributed by atoms with E-state index in [4.69, 9.17) is 0 Å². The molecule has 1 N–H and O–H groups in total. The van der Waals surface area contributed by atoms with Crippen molar-refractivity contribution in [2.75, 3.05) is 0 Å². The first-order valence-electron chi connectivity index (χ1n) is 11.1. The van der Waals surface area contributed by atoms with Gasteiger partial charge >= 0.3 is 6.18 Å². The molecule has 14 heteroatoms. The number of nitrogens with zero attached hydrogens (tertiary/aromatic N) is 7. The minimum absolute atomic E-state index is 0.0496. The quantitative estimate of drug-likeness (QED) is 0.390. The second kappa shape index (κ2) is 8.99. The second-order valence-electron chi connectivity index (χ2n) is 8.67. The molecule has 9 nitrogen and oxygen atoms in total. The van der Waals surface area contributed by atoms with Gasteiger partial charge in [-0.05, 0) is 31.4 Å². The molecule has 4 aromatic heterocycles. The number of aromatic nitrogens is 7. The average molecular weight is 516 g/mol. The Morgan fingerprint density at radius 1 is 1.08 bits per heavy atom. The van der Waals surface area contributed by atoms with Crippen LogP contribution in [0.5, 0.6) is 0 Å². The summed E-state index contributed by atoms with van der Waals surface area (Å²) >= 11 is 0. The van der Waals surface area contributed by atoms with Gasteiger partial charge in [0.25, 0.3) is 12.0 Å². The van der Waals surface area contributed by atoms with E-state index in [1.807, 2.05) is 6.07 Å². The summed E-state index contributed by atoms with van der Waals surface area (Å²) in [4.78, 5) is 31.8. The highest BCUT2D eigenvalue weighted by Crippen LogP contribution is 2.46. The van der Waals surface area contributed by atoms with E-state index >= 15 is 0 Å². The summed E-state index contributed by atoms with van der Waals surface area (Å²) < 4.78 is 65.7. The fraction of sp³-hybridized carbons (Fsp3) is 0.348. The number of H-pyrrole nitrogens is 1. The molecule has 1 aliphatic carbocycles. The highest BCUT2D eigenvalue weighted by Gasteiger charge is 2.38. The van der Waals surface area contributed by atoms with E-state index < -0.39 is 29.9 Å². The summed E-state index contributed by atoms with van der Waals surface area (Å²) in [5, 5.41) is 13.7. The first kappa shape index (κ1) is 24.4. The maximum atomic E-state index is 13.0. The molecule has 0 radical (unpaired) electrons. The molecule has 0 spiro atoms. The molecule has 0 aliphatic heterocycles. The first-order chi connectivity index (χ1) is 17.6. The summed E-state index contributed by atoms with van der Waals surface area (Å²) in [5.74, 6) is 0.0552. The molecule has 190 valence electrons. The number of nitrogens with one attached hydrogen (secondary N) is 1. The predicted molar refractivity (Wildman–Crippen MR) is 118 cm³/mol. The molecular weight excluding hydrogens is 499 g/mol. The van der Waals surface area contributed by atoms with E-state index in [0.717, 1.165) is 24.7 Å². The van der Waals surface area contributed by atoms with Gasteiger partial charge in [0.1, 0.15) is 28.8 Å². The molecule has 3 atom stereocenters. The van der Waals surface area contributed by atoms with Crippen molar-refractivity contribution < 1.29 is 22.0 Å². The van der Waals surface area contributed by atoms with Crippen molar-refractivity contribution in [1.29, 1.82) is 5.26 Å². The molecule has 1 saturated carbocycles. The molecule has 1 aliphatic rings. The Morgan fingerprint density at radius 3 is 2.30 bits per heavy atom. The number of rotatable bonds is 5. The van der Waals surface area contributed by atoms with Crippen molar-refractivity contribution in [1.82, 2.24) is 34.7 Å². The lowest BCUT2D eigenvalue weighted by molar-refractivity contribution is -0.141. The minimum atomic E-state index is -4.60. The van der Waals surface area contributed by atoms with Gasteiger partial charge in [-0.3, -0.25) is 9.78 Å². The number of aromatic amines is 1. The number of halogens is 5. The molecule has 1 fully saturated rings. The van der Waals surface area contributed by atoms with Crippen LogP contribution in [-0.4, -0.2) is 34.7 Å². The zero-order valence-electron chi connectivity index (χ0n) is 19.0. The van der Waals surface area contributed by atoms with E-state index in [0.29, 0.717) is 30.1 Å². The van der Waals surface area contributed by atoms with Crippen LogP contribution in [-0.2, 0) is 6.18 Å². The van der Waals surface area contributed by atoms with E-state index in [9.17, 15) is 32.0 Å². The Morgan fingerprint density at radius 2 is 1.76 bits per heavy atom. The van der Waals surface area contributed by atoms with Gasteiger partial charge in [0.05, 0.1) is 11.6 Å². The van der Waals surface area contributed by atoms with Crippen LogP contribution in [0.25, 0.3) is 11.0 Å². The molecule has 0 saturated heterocycles. The smallest absolute Gasteiger partial charge is 0.310 e. The van der Waals surface area contributed by atoms with Crippen LogP contribution in [0.4, 0.5) is 22.0 Å². The third-order valence-corrected chi connectivity index (χ3v) is 6.51. The van der Waals surface area contributed by atoms with Crippen LogP contribution in [0.2, 0.25) is 0 Å². The summed E-state index contributed by atoms with van der Waals surface area (Å²) in [6.45, 7) is 1.63. The highest BCUT2D eigenvalue weighted by molar-refractivity contribution is 5.80. The van der Waals surface area contributed by atoms with Gasteiger partial charge in [-0.1, -0.05) is 6.07 Å². The number of pyridine rings is 1. The lowest BCUT2D eigenvalue weighted by Gasteiger charge is -2.34. The largest absolute Gasteiger partial charge is 0.433 e. The van der Waals surface area contributed by atoms with Crippen molar-refractivity contribution in [2.45, 2.75) is 50.2 Å². The number of hydrogen-bond donors (Lipinski definition) is 1. The molecule has 0 unspecified atom stereocenters. The average Bonchev–Trinajstić information content (AvgIpc) is 3.22. The van der Waals surface area contributed by atoms with Crippen molar-refractivity contribution in [3.05, 3.63) is 75.2 Å². The number of nitriles is 1. The number of fused-ring (bicyclic) bond motifs is 1. The van der Waals surface area contributed by atoms with E-state index in [1.54, 1.807) is 6.92 Å². The third-order valence-electron chi connectivity index (χ3n) is 6.51. The summed E-state index contributed by atoms with van der Waals surface area (Å²) in [5.41, 5.74) is -1.68. The van der Waals surface area contributed by atoms with Gasteiger partial charge in [-0.25, -0.2) is 28.4 Å². The molecule has 37 heavy (non-hydrogen) atoms. The van der Waals surface area contributed by atoms with Gasteiger partial charge in [-0.2, -0.15) is 23.5 Å². The SMILES string of the molecule is C[C@@H](c1ccc(C(F)(F)F)nc1)n1nc(C#N)c2c(=O)[nH]c([C@@H]3CC[C@H]3c3ncc(C(F)F)cn3)nc21. The second-order valence-corrected chi connectivity index (χ2v) is 8.67. The molecule has 0 aromatic carbocycles. The van der Waals surface area contributed by atoms with Crippen molar-refractivity contribution in [2.24, 2.45) is 0 Å². The Balaban J connectivity index is 1.53. The normalized spacial score (nSPS) is 18.5. The van der Waals surface area contributed by atoms with Gasteiger partial charge in [-0.15, -0.1) is 0 Å². The van der Waals surface area contributed by atoms with Gasteiger partial charge in [0.15, 0.2) is 11.3 Å². The Kier molecular flexibility index (Phi) is 5.93. The van der Waals surface area contributed by atoms with Crippen LogP contribution in [0.3, 0.4) is 0 Å². The van der Waals surface area contributed by atoms with Crippen LogP contribution in [0.15, 0.2) is 35.5 Å². The molecule has 5 rings (SSSR count). The minimum Gasteiger partial charge on any atom is -0.310 e. The fourth-order valence-electron chi connectivity index (χ4n) is 4.34. The summed E-state index contributed by atoms with van der Waals surface area (Å²) in [6.07, 6.45) is -2.83. The van der Waals surface area contributed by atoms with E-state index in [2.05, 4.69) is 30.0 Å². The van der Waals surface area contributed by atoms with Crippen LogP contribution in [0.1, 0.15) is 78.2 Å². The fourth-order valence-corrected chi connectivity index (χ4v) is 4.34. The van der Waals surface area contributed by atoms with Crippen molar-refractivity contribution in [3.63, 3.8) is 0 Å². The molecule has 4 heterocycles. The van der Waals surface area contributed by atoms with E-state index in [-0.39, 0.29) is 34.1 Å². The standard InChI is InChI=1S/C23H17F5N8O/c1-10(11-2-5-16(30-7-11)23(26,27)28)36-21-17(15(6-29)35-36)22(37)34-20(33-21)14-4-3-13(14)19-31-8-12(9-32-19)18(24)25/h2,5,7-10,13-14,18H,3-4H2,1H3,(H,33,34,37)/t10-,13+,14+/m0/s1. The summed E-state index contributed by atoms with van der Waals surface area (Å²) in [7, 11) is 0. The molecular formula is C23H17F5N8O. The third kappa shape index (κ3) is 4.30. The highest BCUT2D eigenvalue weighted by atomic mass is 19.4. The van der Waals surface area contributed by atoms with Crippen LogP contribution in [0, 0.1) is 11.3 Å². The first-order valence-corrected chi connectivity index (χ1v) is 11.1. The molecule has 0 amide bonds. The molecule has 0 bridgehead atoms. The Hall–Kier alpha value is -4.28. The maximum Gasteiger partial charge on any atom is 0.433 e. The zero-order valence-corrected chi connectivity index (χ0v) is 19.0. The van der Waals surface area contributed by atoms with Gasteiger partial charge in [0.2, 0.25) is 0 Å². The van der Waals surface area contributed by atoms with Gasteiger partial charge < -0.3 is 4.98 Å². The van der Waals surface area contributed by atoms with Gasteiger partial charge in [0, 0.05) is 30.4 Å². The Labute approximate surface area is 205 Å². The maximum absolute atomic E-state index is 13.0. The number of alkyl halides is 5. The van der Waals surface area contributed by atoms with Crippen LogP contribution < -0.4 is 5.56 Å². The topological polar surface area (TPSA) is 126 Å². The monoisotopic (exact) mass is 516 g/mol. The lowest BCUT2D eigenvalue weighted by Crippen LogP contribution is -2.28. The van der Waals surface area contributed by atoms with Crippen molar-refractivity contribution in [3.8, 4) is 6.07 Å². The Bertz CT molecular complexity index is 1550. The van der Waals surface area contributed by atoms with Crippen LogP contribution >= 0.6 is 0 Å². The van der Waals surface area contributed by atoms with E-state index in [1.165, 1.54) is 10.7 Å². The predicted octanol–water partition coefficient (Wildman–Crippen LogP) is 4.40. The summed E-state index contributed by atoms with van der Waals surface area (Å²) in [6, 6.07) is 3.24. The number of hydrogen-bond acceptors (Lipinski definition) is 7. The van der Waals surface area contributed by atoms with Crippen molar-refractivity contribution >= 4 is 11.0 Å². The zero-order chi connectivity index (χ0) is 26.5.